The molecule has 0 aliphatic rings. The number of thiazole rings is 1. The molecule has 2 rings (SSSR count). The quantitative estimate of drug-likeness (QED) is 0.880. The zero-order valence-electron chi connectivity index (χ0n) is 11.7. The molecule has 1 atom stereocenters. The molecule has 0 saturated carbocycles. The van der Waals surface area contributed by atoms with Gasteiger partial charge in [-0.3, -0.25) is 0 Å². The van der Waals surface area contributed by atoms with E-state index < -0.39 is 10.0 Å². The van der Waals surface area contributed by atoms with Crippen molar-refractivity contribution < 1.29 is 8.42 Å². The maximum absolute atomic E-state index is 12.4. The van der Waals surface area contributed by atoms with Crippen molar-refractivity contribution in [3.63, 3.8) is 0 Å². The van der Waals surface area contributed by atoms with Gasteiger partial charge < -0.3 is 0 Å². The zero-order valence-corrected chi connectivity index (χ0v) is 14.1. The lowest BCUT2D eigenvalue weighted by molar-refractivity contribution is 0.471. The van der Waals surface area contributed by atoms with Crippen LogP contribution in [0.3, 0.4) is 0 Å². The summed E-state index contributed by atoms with van der Waals surface area (Å²) < 4.78 is 28.0. The molecular weight excluding hydrogens is 312 g/mol. The Balaban J connectivity index is 2.23. The molecule has 1 N–H and O–H groups in total. The lowest BCUT2D eigenvalue weighted by Gasteiger charge is -2.18. The van der Waals surface area contributed by atoms with Crippen LogP contribution in [0.2, 0.25) is 0 Å². The molecule has 4 nitrogen and oxygen atoms in total. The smallest absolute Gasteiger partial charge is 0.248 e. The highest BCUT2D eigenvalue weighted by molar-refractivity contribution is 7.91. The van der Waals surface area contributed by atoms with E-state index in [9.17, 15) is 8.42 Å². The minimum absolute atomic E-state index is 0.262. The number of hydrogen-bond donors (Lipinski definition) is 1. The van der Waals surface area contributed by atoms with Crippen LogP contribution < -0.4 is 4.72 Å². The predicted octanol–water partition coefficient (Wildman–Crippen LogP) is 3.58. The van der Waals surface area contributed by atoms with E-state index >= 15 is 0 Å². The van der Waals surface area contributed by atoms with E-state index in [1.54, 1.807) is 12.3 Å². The first-order valence-electron chi connectivity index (χ1n) is 6.36. The normalized spacial score (nSPS) is 13.8. The summed E-state index contributed by atoms with van der Waals surface area (Å²) in [5, 5.41) is 2.68. The van der Waals surface area contributed by atoms with E-state index in [1.807, 2.05) is 18.4 Å². The van der Waals surface area contributed by atoms with Gasteiger partial charge in [-0.15, -0.1) is 22.7 Å². The predicted molar refractivity (Wildman–Crippen MR) is 83.7 cm³/mol. The Morgan fingerprint density at radius 1 is 1.35 bits per heavy atom. The number of aromatic nitrogens is 1. The number of aryl methyl sites for hydroxylation is 1. The summed E-state index contributed by atoms with van der Waals surface area (Å²) in [5.74, 6) is 0.386. The number of thiophene rings is 1. The van der Waals surface area contributed by atoms with Gasteiger partial charge in [-0.05, 0) is 31.4 Å². The lowest BCUT2D eigenvalue weighted by atomic mass is 10.1. The first kappa shape index (κ1) is 15.6. The molecule has 2 aromatic rings. The highest BCUT2D eigenvalue weighted by Gasteiger charge is 2.24. The first-order valence-corrected chi connectivity index (χ1v) is 9.54. The number of sulfonamides is 1. The molecule has 1 unspecified atom stereocenters. The molecule has 0 saturated heterocycles. The average Bonchev–Trinajstić information content (AvgIpc) is 2.97. The Hall–Kier alpha value is -0.760. The molecule has 2 aromatic heterocycles. The molecule has 7 heteroatoms. The minimum Gasteiger partial charge on any atom is -0.248 e. The number of nitrogens with one attached hydrogen (secondary N) is 1. The summed E-state index contributed by atoms with van der Waals surface area (Å²) in [6, 6.07) is 3.21. The van der Waals surface area contributed by atoms with Crippen LogP contribution >= 0.6 is 22.7 Å². The average molecular weight is 330 g/mol. The third kappa shape index (κ3) is 3.88. The van der Waals surface area contributed by atoms with Crippen molar-refractivity contribution in [2.24, 2.45) is 5.92 Å². The summed E-state index contributed by atoms with van der Waals surface area (Å²) in [6.07, 6.45) is 2.44. The van der Waals surface area contributed by atoms with E-state index in [0.717, 1.165) is 16.3 Å². The Morgan fingerprint density at radius 3 is 2.60 bits per heavy atom. The van der Waals surface area contributed by atoms with Gasteiger partial charge >= 0.3 is 0 Å². The van der Waals surface area contributed by atoms with Crippen LogP contribution in [0, 0.1) is 12.8 Å². The zero-order chi connectivity index (χ0) is 14.8. The summed E-state index contributed by atoms with van der Waals surface area (Å²) in [5.41, 5.74) is 0. The lowest BCUT2D eigenvalue weighted by Crippen LogP contribution is -2.29. The molecule has 0 aliphatic carbocycles. The van der Waals surface area contributed by atoms with Gasteiger partial charge in [0, 0.05) is 16.5 Å². The van der Waals surface area contributed by atoms with Gasteiger partial charge in [0.15, 0.2) is 0 Å². The minimum atomic E-state index is -3.48. The molecule has 0 aromatic carbocycles. The standard InChI is InChI=1S/C13H18N2O2S3/c1-9(2)8-11(13-14-6-7-18-13)15-20(16,17)12-5-4-10(3)19-12/h4-7,9,11,15H,8H2,1-3H3. The maximum Gasteiger partial charge on any atom is 0.250 e. The van der Waals surface area contributed by atoms with Crippen molar-refractivity contribution in [1.29, 1.82) is 0 Å². The monoisotopic (exact) mass is 330 g/mol. The van der Waals surface area contributed by atoms with Crippen LogP contribution in [0.1, 0.15) is 36.2 Å². The van der Waals surface area contributed by atoms with Crippen LogP contribution in [0.25, 0.3) is 0 Å². The topological polar surface area (TPSA) is 59.1 Å². The van der Waals surface area contributed by atoms with Crippen molar-refractivity contribution in [3.05, 3.63) is 33.6 Å². The summed E-state index contributed by atoms with van der Waals surface area (Å²) in [7, 11) is -3.48. The second-order valence-electron chi connectivity index (χ2n) is 5.04. The van der Waals surface area contributed by atoms with Crippen molar-refractivity contribution >= 4 is 32.7 Å². The van der Waals surface area contributed by atoms with Gasteiger partial charge in [0.2, 0.25) is 0 Å². The first-order chi connectivity index (χ1) is 9.38. The Bertz CT molecular complexity index is 645. The van der Waals surface area contributed by atoms with Gasteiger partial charge in [-0.2, -0.15) is 0 Å². The van der Waals surface area contributed by atoms with Gasteiger partial charge in [-0.1, -0.05) is 13.8 Å². The van der Waals surface area contributed by atoms with Crippen LogP contribution in [-0.2, 0) is 10.0 Å². The highest BCUT2D eigenvalue weighted by Crippen LogP contribution is 2.27. The summed E-state index contributed by atoms with van der Waals surface area (Å²) in [4.78, 5) is 5.23. The van der Waals surface area contributed by atoms with Crippen molar-refractivity contribution in [2.75, 3.05) is 0 Å². The van der Waals surface area contributed by atoms with E-state index in [-0.39, 0.29) is 6.04 Å². The van der Waals surface area contributed by atoms with E-state index in [0.29, 0.717) is 10.1 Å². The molecule has 0 spiro atoms. The Morgan fingerprint density at radius 2 is 2.10 bits per heavy atom. The molecular formula is C13H18N2O2S3. The molecule has 0 aliphatic heterocycles. The molecule has 2 heterocycles. The van der Waals surface area contributed by atoms with Crippen LogP contribution in [0.4, 0.5) is 0 Å². The highest BCUT2D eigenvalue weighted by atomic mass is 32.2. The van der Waals surface area contributed by atoms with Crippen LogP contribution in [-0.4, -0.2) is 13.4 Å². The Labute approximate surface area is 127 Å². The van der Waals surface area contributed by atoms with Gasteiger partial charge in [-0.25, -0.2) is 18.1 Å². The largest absolute Gasteiger partial charge is 0.250 e. The fourth-order valence-corrected chi connectivity index (χ4v) is 5.17. The molecule has 0 bridgehead atoms. The van der Waals surface area contributed by atoms with Crippen molar-refractivity contribution in [1.82, 2.24) is 9.71 Å². The van der Waals surface area contributed by atoms with E-state index in [2.05, 4.69) is 23.6 Å². The van der Waals surface area contributed by atoms with E-state index in [1.165, 1.54) is 22.7 Å². The fourth-order valence-electron chi connectivity index (χ4n) is 1.88. The second kappa shape index (κ2) is 6.34. The molecule has 0 radical (unpaired) electrons. The second-order valence-corrected chi connectivity index (χ2v) is 9.19. The Kier molecular flexibility index (Phi) is 4.95. The van der Waals surface area contributed by atoms with E-state index in [4.69, 9.17) is 0 Å². The SMILES string of the molecule is Cc1ccc(S(=O)(=O)NC(CC(C)C)c2nccs2)s1. The number of hydrogen-bond acceptors (Lipinski definition) is 5. The molecule has 110 valence electrons. The number of rotatable bonds is 6. The third-order valence-electron chi connectivity index (χ3n) is 2.73. The van der Waals surface area contributed by atoms with Gasteiger partial charge in [0.25, 0.3) is 10.0 Å². The van der Waals surface area contributed by atoms with Crippen molar-refractivity contribution in [3.8, 4) is 0 Å². The van der Waals surface area contributed by atoms with Gasteiger partial charge in [0.05, 0.1) is 6.04 Å². The summed E-state index contributed by atoms with van der Waals surface area (Å²) in [6.45, 7) is 6.05. The molecule has 0 fully saturated rings. The fraction of sp³-hybridized carbons (Fsp3) is 0.462. The molecule has 20 heavy (non-hydrogen) atoms. The molecule has 0 amide bonds. The third-order valence-corrected chi connectivity index (χ3v) is 6.59. The number of nitrogens with zero attached hydrogens (tertiary/aromatic N) is 1. The summed E-state index contributed by atoms with van der Waals surface area (Å²) >= 11 is 2.76. The maximum atomic E-state index is 12.4. The van der Waals surface area contributed by atoms with Gasteiger partial charge in [0.1, 0.15) is 9.22 Å². The van der Waals surface area contributed by atoms with Crippen LogP contribution in [0.15, 0.2) is 27.9 Å². The van der Waals surface area contributed by atoms with Crippen LogP contribution in [0.5, 0.6) is 0 Å². The van der Waals surface area contributed by atoms with Crippen molar-refractivity contribution in [2.45, 2.75) is 37.4 Å².